The van der Waals surface area contributed by atoms with Crippen LogP contribution in [0.5, 0.6) is 0 Å². The first-order chi connectivity index (χ1) is 12.1. The van der Waals surface area contributed by atoms with Crippen molar-refractivity contribution in [3.63, 3.8) is 0 Å². The SMILES string of the molecule is Cl.N[C@@H]1CN(C(=O)C2CCCN(C(=O)C3CC3)C2)C[C@H]1c1ccccc1. The molecule has 3 aliphatic rings. The molecule has 2 saturated heterocycles. The summed E-state index contributed by atoms with van der Waals surface area (Å²) in [6.45, 7) is 2.71. The predicted molar refractivity (Wildman–Crippen MR) is 103 cm³/mol. The molecule has 1 aromatic carbocycles. The monoisotopic (exact) mass is 377 g/mol. The van der Waals surface area contributed by atoms with Crippen LogP contribution in [0.15, 0.2) is 30.3 Å². The normalized spacial score (nSPS) is 28.6. The van der Waals surface area contributed by atoms with Crippen molar-refractivity contribution in [2.24, 2.45) is 17.6 Å². The Morgan fingerprint density at radius 1 is 0.885 bits per heavy atom. The minimum atomic E-state index is -0.0572. The highest BCUT2D eigenvalue weighted by Gasteiger charge is 2.40. The summed E-state index contributed by atoms with van der Waals surface area (Å²) in [4.78, 5) is 29.2. The fourth-order valence-corrected chi connectivity index (χ4v) is 4.29. The summed E-state index contributed by atoms with van der Waals surface area (Å²) >= 11 is 0. The summed E-state index contributed by atoms with van der Waals surface area (Å²) < 4.78 is 0. The molecule has 2 N–H and O–H groups in total. The first-order valence-electron chi connectivity index (χ1n) is 9.51. The van der Waals surface area contributed by atoms with Crippen molar-refractivity contribution in [1.29, 1.82) is 0 Å². The lowest BCUT2D eigenvalue weighted by Crippen LogP contribution is -2.47. The molecule has 1 aliphatic carbocycles. The van der Waals surface area contributed by atoms with Gasteiger partial charge in [0, 0.05) is 44.1 Å². The molecular formula is C20H28ClN3O2. The Kier molecular flexibility index (Phi) is 5.88. The first kappa shape index (κ1) is 19.2. The number of piperidine rings is 1. The smallest absolute Gasteiger partial charge is 0.227 e. The quantitative estimate of drug-likeness (QED) is 0.876. The number of hydrogen-bond donors (Lipinski definition) is 1. The van der Waals surface area contributed by atoms with Gasteiger partial charge >= 0.3 is 0 Å². The fraction of sp³-hybridized carbons (Fsp3) is 0.600. The maximum absolute atomic E-state index is 13.0. The van der Waals surface area contributed by atoms with Gasteiger partial charge in [-0.25, -0.2) is 0 Å². The molecule has 0 radical (unpaired) electrons. The van der Waals surface area contributed by atoms with Gasteiger partial charge in [-0.15, -0.1) is 12.4 Å². The summed E-state index contributed by atoms with van der Waals surface area (Å²) in [5.41, 5.74) is 7.54. The molecule has 6 heteroatoms. The van der Waals surface area contributed by atoms with Crippen molar-refractivity contribution in [3.8, 4) is 0 Å². The van der Waals surface area contributed by atoms with E-state index in [9.17, 15) is 9.59 Å². The second-order valence-electron chi connectivity index (χ2n) is 7.82. The average Bonchev–Trinajstić information content (AvgIpc) is 3.43. The van der Waals surface area contributed by atoms with Crippen LogP contribution in [-0.4, -0.2) is 53.8 Å². The lowest BCUT2D eigenvalue weighted by Gasteiger charge is -2.34. The van der Waals surface area contributed by atoms with Crippen molar-refractivity contribution in [2.45, 2.75) is 37.6 Å². The van der Waals surface area contributed by atoms with Crippen molar-refractivity contribution in [3.05, 3.63) is 35.9 Å². The maximum atomic E-state index is 13.0. The van der Waals surface area contributed by atoms with Crippen LogP contribution in [0.1, 0.15) is 37.2 Å². The molecule has 4 rings (SSSR count). The summed E-state index contributed by atoms with van der Waals surface area (Å²) in [6, 6.07) is 10.2. The van der Waals surface area contributed by atoms with Crippen LogP contribution in [0.4, 0.5) is 0 Å². The van der Waals surface area contributed by atoms with E-state index < -0.39 is 0 Å². The molecule has 2 heterocycles. The molecule has 142 valence electrons. The van der Waals surface area contributed by atoms with Crippen LogP contribution in [0, 0.1) is 11.8 Å². The summed E-state index contributed by atoms with van der Waals surface area (Å²) in [5.74, 6) is 0.826. The van der Waals surface area contributed by atoms with E-state index in [0.29, 0.717) is 19.6 Å². The van der Waals surface area contributed by atoms with Crippen LogP contribution >= 0.6 is 12.4 Å². The Hall–Kier alpha value is -1.59. The molecule has 3 atom stereocenters. The highest BCUT2D eigenvalue weighted by Crippen LogP contribution is 2.33. The average molecular weight is 378 g/mol. The van der Waals surface area contributed by atoms with E-state index in [1.807, 2.05) is 28.0 Å². The topological polar surface area (TPSA) is 66.6 Å². The van der Waals surface area contributed by atoms with Gasteiger partial charge in [-0.05, 0) is 31.2 Å². The summed E-state index contributed by atoms with van der Waals surface area (Å²) in [5, 5.41) is 0. The molecular weight excluding hydrogens is 350 g/mol. The zero-order valence-electron chi connectivity index (χ0n) is 15.0. The number of halogens is 1. The summed E-state index contributed by atoms with van der Waals surface area (Å²) in [7, 11) is 0. The molecule has 0 bridgehead atoms. The minimum Gasteiger partial charge on any atom is -0.342 e. The van der Waals surface area contributed by atoms with Crippen molar-refractivity contribution in [2.75, 3.05) is 26.2 Å². The second kappa shape index (κ2) is 7.97. The molecule has 0 aromatic heterocycles. The predicted octanol–water partition coefficient (Wildman–Crippen LogP) is 2.01. The molecule has 2 aliphatic heterocycles. The standard InChI is InChI=1S/C20H27N3O2.ClH/c21-18-13-23(12-17(18)14-5-2-1-3-6-14)20(25)16-7-4-10-22(11-16)19(24)15-8-9-15;/h1-3,5-6,15-18H,4,7-13,21H2;1H/t16?,17-,18+;/m0./s1. The Balaban J connectivity index is 0.00000196. The number of benzene rings is 1. The van der Waals surface area contributed by atoms with Gasteiger partial charge in [0.25, 0.3) is 0 Å². The molecule has 0 spiro atoms. The number of nitrogens with two attached hydrogens (primary N) is 1. The van der Waals surface area contributed by atoms with E-state index in [1.54, 1.807) is 0 Å². The van der Waals surface area contributed by atoms with E-state index in [4.69, 9.17) is 5.73 Å². The number of carbonyl (C=O) groups is 2. The molecule has 1 aromatic rings. The number of rotatable bonds is 3. The highest BCUT2D eigenvalue weighted by atomic mass is 35.5. The molecule has 2 amide bonds. The zero-order chi connectivity index (χ0) is 17.4. The third-order valence-corrected chi connectivity index (χ3v) is 5.91. The zero-order valence-corrected chi connectivity index (χ0v) is 15.9. The lowest BCUT2D eigenvalue weighted by atomic mass is 9.95. The van der Waals surface area contributed by atoms with Crippen LogP contribution in [0.25, 0.3) is 0 Å². The third-order valence-electron chi connectivity index (χ3n) is 5.91. The van der Waals surface area contributed by atoms with Gasteiger partial charge in [-0.3, -0.25) is 9.59 Å². The van der Waals surface area contributed by atoms with Crippen LogP contribution in [0.2, 0.25) is 0 Å². The first-order valence-corrected chi connectivity index (χ1v) is 9.51. The minimum absolute atomic E-state index is 0. The molecule has 1 unspecified atom stereocenters. The third kappa shape index (κ3) is 3.89. The van der Waals surface area contributed by atoms with Gasteiger partial charge in [0.1, 0.15) is 0 Å². The Bertz CT molecular complexity index is 650. The van der Waals surface area contributed by atoms with Gasteiger partial charge in [0.2, 0.25) is 11.8 Å². The number of hydrogen-bond acceptors (Lipinski definition) is 3. The Labute approximate surface area is 161 Å². The Morgan fingerprint density at radius 3 is 2.27 bits per heavy atom. The molecule has 3 fully saturated rings. The second-order valence-corrected chi connectivity index (χ2v) is 7.82. The summed E-state index contributed by atoms with van der Waals surface area (Å²) in [6.07, 6.45) is 3.85. The largest absolute Gasteiger partial charge is 0.342 e. The fourth-order valence-electron chi connectivity index (χ4n) is 4.29. The number of amides is 2. The maximum Gasteiger partial charge on any atom is 0.227 e. The van der Waals surface area contributed by atoms with Gasteiger partial charge in [-0.2, -0.15) is 0 Å². The van der Waals surface area contributed by atoms with Gasteiger partial charge in [-0.1, -0.05) is 30.3 Å². The molecule has 1 saturated carbocycles. The van der Waals surface area contributed by atoms with E-state index in [0.717, 1.165) is 32.2 Å². The van der Waals surface area contributed by atoms with Gasteiger partial charge in [0.05, 0.1) is 5.92 Å². The van der Waals surface area contributed by atoms with E-state index in [2.05, 4.69) is 12.1 Å². The lowest BCUT2D eigenvalue weighted by molar-refractivity contribution is -0.140. The van der Waals surface area contributed by atoms with Crippen LogP contribution < -0.4 is 5.73 Å². The van der Waals surface area contributed by atoms with Crippen molar-refractivity contribution >= 4 is 24.2 Å². The van der Waals surface area contributed by atoms with Crippen molar-refractivity contribution in [1.82, 2.24) is 9.80 Å². The van der Waals surface area contributed by atoms with E-state index in [1.165, 1.54) is 5.56 Å². The van der Waals surface area contributed by atoms with E-state index in [-0.39, 0.29) is 48.0 Å². The molecule has 5 nitrogen and oxygen atoms in total. The van der Waals surface area contributed by atoms with Crippen LogP contribution in [0.3, 0.4) is 0 Å². The highest BCUT2D eigenvalue weighted by molar-refractivity contribution is 5.85. The van der Waals surface area contributed by atoms with Crippen LogP contribution in [-0.2, 0) is 9.59 Å². The van der Waals surface area contributed by atoms with E-state index >= 15 is 0 Å². The number of likely N-dealkylation sites (tertiary alicyclic amines) is 2. The molecule has 26 heavy (non-hydrogen) atoms. The van der Waals surface area contributed by atoms with Gasteiger partial charge < -0.3 is 15.5 Å². The number of carbonyl (C=O) groups excluding carboxylic acids is 2. The van der Waals surface area contributed by atoms with Gasteiger partial charge in [0.15, 0.2) is 0 Å². The van der Waals surface area contributed by atoms with Crippen molar-refractivity contribution < 1.29 is 9.59 Å². The number of nitrogens with zero attached hydrogens (tertiary/aromatic N) is 2. The Morgan fingerprint density at radius 2 is 1.58 bits per heavy atom.